The molecule has 1 aliphatic heterocycles. The zero-order valence-electron chi connectivity index (χ0n) is 12.9. The van der Waals surface area contributed by atoms with Gasteiger partial charge in [0.1, 0.15) is 0 Å². The number of hydrogen-bond donors (Lipinski definition) is 1. The van der Waals surface area contributed by atoms with Crippen molar-refractivity contribution < 1.29 is 4.79 Å². The van der Waals surface area contributed by atoms with Gasteiger partial charge < -0.3 is 10.6 Å². The molecule has 3 heteroatoms. The summed E-state index contributed by atoms with van der Waals surface area (Å²) in [5.74, 6) is 0.290. The number of nitrogens with two attached hydrogens (primary N) is 1. The summed E-state index contributed by atoms with van der Waals surface area (Å²) in [6.07, 6.45) is 2.75. The lowest BCUT2D eigenvalue weighted by Crippen LogP contribution is -2.30. The van der Waals surface area contributed by atoms with Gasteiger partial charge in [-0.1, -0.05) is 32.0 Å². The van der Waals surface area contributed by atoms with E-state index in [0.717, 1.165) is 31.5 Å². The SMILES string of the molecule is Cc1cc(CN)ccc1CN1CCC(C)(C)CCC1=O. The lowest BCUT2D eigenvalue weighted by Gasteiger charge is -2.24. The fourth-order valence-electron chi connectivity index (χ4n) is 2.73. The van der Waals surface area contributed by atoms with Crippen molar-refractivity contribution in [2.75, 3.05) is 6.54 Å². The van der Waals surface area contributed by atoms with E-state index in [-0.39, 0.29) is 11.3 Å². The van der Waals surface area contributed by atoms with Gasteiger partial charge in [0.2, 0.25) is 5.91 Å². The standard InChI is InChI=1S/C17H26N2O/c1-13-10-14(11-18)4-5-15(13)12-19-9-8-17(2,3)7-6-16(19)20/h4-5,10H,6-9,11-12,18H2,1-3H3. The maximum absolute atomic E-state index is 12.2. The van der Waals surface area contributed by atoms with Crippen LogP contribution in [0.4, 0.5) is 0 Å². The number of carbonyl (C=O) groups excluding carboxylic acids is 1. The minimum absolute atomic E-state index is 0.281. The number of carbonyl (C=O) groups is 1. The van der Waals surface area contributed by atoms with Crippen LogP contribution in [-0.2, 0) is 17.9 Å². The van der Waals surface area contributed by atoms with Gasteiger partial charge in [0.15, 0.2) is 0 Å². The number of benzene rings is 1. The van der Waals surface area contributed by atoms with Crippen LogP contribution in [0.3, 0.4) is 0 Å². The van der Waals surface area contributed by atoms with Crippen molar-refractivity contribution in [2.45, 2.75) is 53.1 Å². The molecule has 1 fully saturated rings. The molecule has 0 radical (unpaired) electrons. The Labute approximate surface area is 122 Å². The van der Waals surface area contributed by atoms with Gasteiger partial charge in [-0.2, -0.15) is 0 Å². The Morgan fingerprint density at radius 1 is 1.30 bits per heavy atom. The third-order valence-electron chi connectivity index (χ3n) is 4.43. The first-order chi connectivity index (χ1) is 9.41. The molecule has 1 amide bonds. The fourth-order valence-corrected chi connectivity index (χ4v) is 2.73. The Kier molecular flexibility index (Phi) is 4.48. The highest BCUT2D eigenvalue weighted by atomic mass is 16.2. The predicted molar refractivity (Wildman–Crippen MR) is 82.1 cm³/mol. The molecule has 0 aliphatic carbocycles. The smallest absolute Gasteiger partial charge is 0.222 e. The zero-order chi connectivity index (χ0) is 14.8. The number of hydrogen-bond acceptors (Lipinski definition) is 2. The van der Waals surface area contributed by atoms with Crippen LogP contribution in [0.15, 0.2) is 18.2 Å². The zero-order valence-corrected chi connectivity index (χ0v) is 12.9. The van der Waals surface area contributed by atoms with Gasteiger partial charge in [-0.3, -0.25) is 4.79 Å². The molecule has 1 aromatic rings. The average Bonchev–Trinajstić information content (AvgIpc) is 2.53. The maximum atomic E-state index is 12.2. The average molecular weight is 274 g/mol. The molecule has 1 heterocycles. The first kappa shape index (κ1) is 15.0. The first-order valence-corrected chi connectivity index (χ1v) is 7.47. The highest BCUT2D eigenvalue weighted by Crippen LogP contribution is 2.31. The van der Waals surface area contributed by atoms with E-state index in [1.54, 1.807) is 0 Å². The van der Waals surface area contributed by atoms with Gasteiger partial charge >= 0.3 is 0 Å². The number of rotatable bonds is 3. The summed E-state index contributed by atoms with van der Waals surface area (Å²) in [5, 5.41) is 0. The van der Waals surface area contributed by atoms with Gasteiger partial charge in [0, 0.05) is 26.1 Å². The molecule has 0 bridgehead atoms. The molecular formula is C17H26N2O. The van der Waals surface area contributed by atoms with E-state index in [2.05, 4.69) is 39.0 Å². The van der Waals surface area contributed by atoms with Crippen molar-refractivity contribution in [3.8, 4) is 0 Å². The van der Waals surface area contributed by atoms with Crippen LogP contribution in [0, 0.1) is 12.3 Å². The molecule has 0 aromatic heterocycles. The van der Waals surface area contributed by atoms with Crippen LogP contribution in [0.1, 0.15) is 49.8 Å². The van der Waals surface area contributed by atoms with E-state index in [1.807, 2.05) is 4.90 Å². The first-order valence-electron chi connectivity index (χ1n) is 7.47. The van der Waals surface area contributed by atoms with Crippen LogP contribution in [0.2, 0.25) is 0 Å². The largest absolute Gasteiger partial charge is 0.338 e. The third-order valence-corrected chi connectivity index (χ3v) is 4.43. The van der Waals surface area contributed by atoms with Crippen LogP contribution < -0.4 is 5.73 Å². The van der Waals surface area contributed by atoms with E-state index < -0.39 is 0 Å². The topological polar surface area (TPSA) is 46.3 Å². The summed E-state index contributed by atoms with van der Waals surface area (Å²) in [5.41, 5.74) is 9.55. The molecule has 0 unspecified atom stereocenters. The number of nitrogens with zero attached hydrogens (tertiary/aromatic N) is 1. The molecule has 0 spiro atoms. The summed E-state index contributed by atoms with van der Waals surface area (Å²) < 4.78 is 0. The Morgan fingerprint density at radius 3 is 2.70 bits per heavy atom. The Hall–Kier alpha value is -1.35. The summed E-state index contributed by atoms with van der Waals surface area (Å²) in [7, 11) is 0. The number of amides is 1. The molecule has 1 saturated heterocycles. The van der Waals surface area contributed by atoms with Gasteiger partial charge in [-0.15, -0.1) is 0 Å². The highest BCUT2D eigenvalue weighted by Gasteiger charge is 2.27. The summed E-state index contributed by atoms with van der Waals surface area (Å²) >= 11 is 0. The van der Waals surface area contributed by atoms with E-state index in [1.165, 1.54) is 11.1 Å². The van der Waals surface area contributed by atoms with Crippen molar-refractivity contribution in [3.05, 3.63) is 34.9 Å². The molecule has 0 saturated carbocycles. The van der Waals surface area contributed by atoms with Crippen molar-refractivity contribution in [2.24, 2.45) is 11.1 Å². The summed E-state index contributed by atoms with van der Waals surface area (Å²) in [6, 6.07) is 6.30. The molecule has 1 aliphatic rings. The lowest BCUT2D eigenvalue weighted by atomic mass is 9.85. The van der Waals surface area contributed by atoms with E-state index >= 15 is 0 Å². The quantitative estimate of drug-likeness (QED) is 0.921. The van der Waals surface area contributed by atoms with Gasteiger partial charge in [0.25, 0.3) is 0 Å². The molecule has 110 valence electrons. The number of likely N-dealkylation sites (tertiary alicyclic amines) is 1. The van der Waals surface area contributed by atoms with Crippen LogP contribution in [0.5, 0.6) is 0 Å². The number of aryl methyl sites for hydroxylation is 1. The predicted octanol–water partition coefficient (Wildman–Crippen LogP) is 2.99. The van der Waals surface area contributed by atoms with E-state index in [0.29, 0.717) is 13.0 Å². The molecule has 2 rings (SSSR count). The second kappa shape index (κ2) is 5.96. The van der Waals surface area contributed by atoms with Crippen molar-refractivity contribution >= 4 is 5.91 Å². The Morgan fingerprint density at radius 2 is 2.05 bits per heavy atom. The van der Waals surface area contributed by atoms with E-state index in [9.17, 15) is 4.79 Å². The molecule has 3 nitrogen and oxygen atoms in total. The highest BCUT2D eigenvalue weighted by molar-refractivity contribution is 5.76. The second-order valence-corrected chi connectivity index (χ2v) is 6.69. The van der Waals surface area contributed by atoms with Crippen LogP contribution in [0.25, 0.3) is 0 Å². The minimum atomic E-state index is 0.281. The van der Waals surface area contributed by atoms with Crippen molar-refractivity contribution in [3.63, 3.8) is 0 Å². The normalized spacial score (nSPS) is 19.0. The fraction of sp³-hybridized carbons (Fsp3) is 0.588. The Bertz CT molecular complexity index is 494. The molecule has 1 aromatic carbocycles. The van der Waals surface area contributed by atoms with Gasteiger partial charge in [0.05, 0.1) is 0 Å². The molecule has 2 N–H and O–H groups in total. The van der Waals surface area contributed by atoms with Crippen molar-refractivity contribution in [1.29, 1.82) is 0 Å². The van der Waals surface area contributed by atoms with Gasteiger partial charge in [-0.25, -0.2) is 0 Å². The van der Waals surface area contributed by atoms with Crippen LogP contribution in [-0.4, -0.2) is 17.4 Å². The minimum Gasteiger partial charge on any atom is -0.338 e. The van der Waals surface area contributed by atoms with Crippen molar-refractivity contribution in [1.82, 2.24) is 4.90 Å². The summed E-state index contributed by atoms with van der Waals surface area (Å²) in [6.45, 7) is 8.77. The third kappa shape index (κ3) is 3.60. The van der Waals surface area contributed by atoms with Gasteiger partial charge in [-0.05, 0) is 41.9 Å². The molecule has 20 heavy (non-hydrogen) atoms. The maximum Gasteiger partial charge on any atom is 0.222 e. The molecular weight excluding hydrogens is 248 g/mol. The molecule has 0 atom stereocenters. The monoisotopic (exact) mass is 274 g/mol. The second-order valence-electron chi connectivity index (χ2n) is 6.69. The lowest BCUT2D eigenvalue weighted by molar-refractivity contribution is -0.131. The Balaban J connectivity index is 2.10. The summed E-state index contributed by atoms with van der Waals surface area (Å²) in [4.78, 5) is 14.3. The van der Waals surface area contributed by atoms with E-state index in [4.69, 9.17) is 5.73 Å². The van der Waals surface area contributed by atoms with Crippen LogP contribution >= 0.6 is 0 Å².